The summed E-state index contributed by atoms with van der Waals surface area (Å²) in [5.41, 5.74) is 0.727. The molecule has 1 aromatic carbocycles. The zero-order valence-corrected chi connectivity index (χ0v) is 15.9. The molecule has 1 aromatic heterocycles. The van der Waals surface area contributed by atoms with Crippen LogP contribution in [-0.2, 0) is 19.4 Å². The van der Waals surface area contributed by atoms with Crippen molar-refractivity contribution in [2.45, 2.75) is 19.4 Å². The number of hydrogen-bond donors (Lipinski definition) is 0. The van der Waals surface area contributed by atoms with Crippen LogP contribution in [0.15, 0.2) is 34.7 Å². The SMILES string of the molecule is Cc1oc(-c2ccccc2)nc1C(=O)OCC(=O)N(C)[C@@H]1CCS(=O)(=O)C1. The van der Waals surface area contributed by atoms with Gasteiger partial charge in [-0.15, -0.1) is 0 Å². The van der Waals surface area contributed by atoms with Crippen LogP contribution in [0.25, 0.3) is 11.5 Å². The molecule has 1 saturated heterocycles. The van der Waals surface area contributed by atoms with Gasteiger partial charge < -0.3 is 14.1 Å². The minimum Gasteiger partial charge on any atom is -0.451 e. The number of esters is 1. The van der Waals surface area contributed by atoms with Gasteiger partial charge in [0.15, 0.2) is 22.1 Å². The largest absolute Gasteiger partial charge is 0.451 e. The van der Waals surface area contributed by atoms with E-state index >= 15 is 0 Å². The Morgan fingerprint density at radius 1 is 1.30 bits per heavy atom. The third-order valence-electron chi connectivity index (χ3n) is 4.49. The summed E-state index contributed by atoms with van der Waals surface area (Å²) in [6.45, 7) is 1.10. The molecule has 0 aliphatic carbocycles. The van der Waals surface area contributed by atoms with Crippen molar-refractivity contribution >= 4 is 21.7 Å². The van der Waals surface area contributed by atoms with Crippen LogP contribution in [0.5, 0.6) is 0 Å². The number of likely N-dealkylation sites (N-methyl/N-ethyl adjacent to an activating group) is 1. The molecule has 1 atom stereocenters. The van der Waals surface area contributed by atoms with E-state index < -0.39 is 28.3 Å². The Kier molecular flexibility index (Phi) is 5.31. The number of carbonyl (C=O) groups excluding carboxylic acids is 2. The van der Waals surface area contributed by atoms with Crippen LogP contribution < -0.4 is 0 Å². The Balaban J connectivity index is 1.61. The van der Waals surface area contributed by atoms with Crippen molar-refractivity contribution in [3.63, 3.8) is 0 Å². The van der Waals surface area contributed by atoms with E-state index in [-0.39, 0.29) is 23.2 Å². The molecule has 3 rings (SSSR count). The van der Waals surface area contributed by atoms with Crippen LogP contribution in [0.1, 0.15) is 22.7 Å². The molecule has 0 N–H and O–H groups in total. The molecule has 0 unspecified atom stereocenters. The van der Waals surface area contributed by atoms with E-state index in [4.69, 9.17) is 9.15 Å². The standard InChI is InChI=1S/C18H20N2O6S/c1-12-16(19-17(26-12)13-6-4-3-5-7-13)18(22)25-10-15(21)20(2)14-8-9-27(23,24)11-14/h3-7,14H,8-11H2,1-2H3/t14-/m1/s1. The molecule has 2 heterocycles. The van der Waals surface area contributed by atoms with Crippen LogP contribution in [-0.4, -0.2) is 61.4 Å². The van der Waals surface area contributed by atoms with Gasteiger partial charge in [0, 0.05) is 18.7 Å². The summed E-state index contributed by atoms with van der Waals surface area (Å²) in [6.07, 6.45) is 0.390. The summed E-state index contributed by atoms with van der Waals surface area (Å²) in [7, 11) is -1.59. The molecule has 0 radical (unpaired) electrons. The first-order valence-electron chi connectivity index (χ1n) is 8.43. The molecule has 1 aliphatic heterocycles. The number of benzene rings is 1. The van der Waals surface area contributed by atoms with Crippen LogP contribution >= 0.6 is 0 Å². The topological polar surface area (TPSA) is 107 Å². The lowest BCUT2D eigenvalue weighted by Crippen LogP contribution is -2.40. The molecule has 8 nitrogen and oxygen atoms in total. The van der Waals surface area contributed by atoms with E-state index in [0.717, 1.165) is 5.56 Å². The highest BCUT2D eigenvalue weighted by Gasteiger charge is 2.33. The first kappa shape index (κ1) is 19.1. The highest BCUT2D eigenvalue weighted by Crippen LogP contribution is 2.22. The maximum absolute atomic E-state index is 12.3. The van der Waals surface area contributed by atoms with E-state index in [1.165, 1.54) is 11.9 Å². The molecule has 27 heavy (non-hydrogen) atoms. The van der Waals surface area contributed by atoms with Crippen LogP contribution in [0, 0.1) is 6.92 Å². The van der Waals surface area contributed by atoms with Gasteiger partial charge in [0.2, 0.25) is 5.89 Å². The predicted octanol–water partition coefficient (Wildman–Crippen LogP) is 1.45. The number of aromatic nitrogens is 1. The van der Waals surface area contributed by atoms with Gasteiger partial charge in [-0.25, -0.2) is 18.2 Å². The van der Waals surface area contributed by atoms with Gasteiger partial charge in [-0.05, 0) is 25.5 Å². The summed E-state index contributed by atoms with van der Waals surface area (Å²) in [5.74, 6) is -0.642. The normalized spacial score (nSPS) is 18.2. The van der Waals surface area contributed by atoms with Gasteiger partial charge in [-0.1, -0.05) is 18.2 Å². The quantitative estimate of drug-likeness (QED) is 0.709. The average Bonchev–Trinajstić information content (AvgIpc) is 3.21. The molecular formula is C18H20N2O6S. The summed E-state index contributed by atoms with van der Waals surface area (Å²) >= 11 is 0. The van der Waals surface area contributed by atoms with Gasteiger partial charge in [0.25, 0.3) is 5.91 Å². The second-order valence-electron chi connectivity index (χ2n) is 6.43. The molecule has 0 spiro atoms. The third kappa shape index (κ3) is 4.36. The molecule has 1 aliphatic rings. The van der Waals surface area contributed by atoms with Gasteiger partial charge in [-0.2, -0.15) is 0 Å². The molecular weight excluding hydrogens is 372 g/mol. The molecule has 1 fully saturated rings. The summed E-state index contributed by atoms with van der Waals surface area (Å²) in [4.78, 5) is 29.9. The van der Waals surface area contributed by atoms with E-state index in [0.29, 0.717) is 18.1 Å². The van der Waals surface area contributed by atoms with Crippen molar-refractivity contribution in [2.24, 2.45) is 0 Å². The lowest BCUT2D eigenvalue weighted by Gasteiger charge is -2.23. The number of ether oxygens (including phenoxy) is 1. The zero-order valence-electron chi connectivity index (χ0n) is 15.0. The maximum Gasteiger partial charge on any atom is 0.361 e. The summed E-state index contributed by atoms with van der Waals surface area (Å²) < 4.78 is 33.6. The van der Waals surface area contributed by atoms with Crippen molar-refractivity contribution in [3.8, 4) is 11.5 Å². The van der Waals surface area contributed by atoms with Gasteiger partial charge in [0.05, 0.1) is 11.5 Å². The first-order valence-corrected chi connectivity index (χ1v) is 10.2. The van der Waals surface area contributed by atoms with Crippen LogP contribution in [0.4, 0.5) is 0 Å². The Morgan fingerprint density at radius 2 is 2.00 bits per heavy atom. The Labute approximate surface area is 157 Å². The second-order valence-corrected chi connectivity index (χ2v) is 8.66. The Hall–Kier alpha value is -2.68. The Morgan fingerprint density at radius 3 is 2.63 bits per heavy atom. The smallest absolute Gasteiger partial charge is 0.361 e. The van der Waals surface area contributed by atoms with Crippen molar-refractivity contribution in [1.82, 2.24) is 9.88 Å². The van der Waals surface area contributed by atoms with E-state index in [9.17, 15) is 18.0 Å². The lowest BCUT2D eigenvalue weighted by atomic mass is 10.2. The number of amides is 1. The maximum atomic E-state index is 12.3. The van der Waals surface area contributed by atoms with Crippen LogP contribution in [0.3, 0.4) is 0 Å². The molecule has 1 amide bonds. The van der Waals surface area contributed by atoms with Gasteiger partial charge >= 0.3 is 5.97 Å². The molecule has 9 heteroatoms. The number of oxazole rings is 1. The van der Waals surface area contributed by atoms with E-state index in [2.05, 4.69) is 4.98 Å². The number of aryl methyl sites for hydroxylation is 1. The van der Waals surface area contributed by atoms with Crippen LogP contribution in [0.2, 0.25) is 0 Å². The molecule has 0 saturated carbocycles. The number of sulfone groups is 1. The zero-order chi connectivity index (χ0) is 19.6. The Bertz CT molecular complexity index is 951. The lowest BCUT2D eigenvalue weighted by molar-refractivity contribution is -0.134. The van der Waals surface area contributed by atoms with E-state index in [1.54, 1.807) is 19.1 Å². The summed E-state index contributed by atoms with van der Waals surface area (Å²) in [6, 6.07) is 8.71. The fourth-order valence-corrected chi connectivity index (χ4v) is 4.65. The fraction of sp³-hybridized carbons (Fsp3) is 0.389. The van der Waals surface area contributed by atoms with Crippen molar-refractivity contribution in [1.29, 1.82) is 0 Å². The first-order chi connectivity index (χ1) is 12.8. The third-order valence-corrected chi connectivity index (χ3v) is 6.24. The number of rotatable bonds is 5. The number of nitrogens with zero attached hydrogens (tertiary/aromatic N) is 2. The van der Waals surface area contributed by atoms with Crippen molar-refractivity contribution in [3.05, 3.63) is 41.8 Å². The van der Waals surface area contributed by atoms with E-state index in [1.807, 2.05) is 18.2 Å². The summed E-state index contributed by atoms with van der Waals surface area (Å²) in [5, 5.41) is 0. The molecule has 2 aromatic rings. The van der Waals surface area contributed by atoms with Gasteiger partial charge in [-0.3, -0.25) is 4.79 Å². The molecule has 0 bridgehead atoms. The fourth-order valence-electron chi connectivity index (χ4n) is 2.87. The average molecular weight is 392 g/mol. The monoisotopic (exact) mass is 392 g/mol. The highest BCUT2D eigenvalue weighted by molar-refractivity contribution is 7.91. The highest BCUT2D eigenvalue weighted by atomic mass is 32.2. The number of carbonyl (C=O) groups is 2. The predicted molar refractivity (Wildman–Crippen MR) is 96.8 cm³/mol. The minimum atomic E-state index is -3.10. The molecule has 144 valence electrons. The van der Waals surface area contributed by atoms with Gasteiger partial charge in [0.1, 0.15) is 5.76 Å². The number of hydrogen-bond acceptors (Lipinski definition) is 7. The van der Waals surface area contributed by atoms with Crippen molar-refractivity contribution < 1.29 is 27.2 Å². The minimum absolute atomic E-state index is 0.00718. The second kappa shape index (κ2) is 7.51. The van der Waals surface area contributed by atoms with Crippen molar-refractivity contribution in [2.75, 3.05) is 25.2 Å².